The average Bonchev–Trinajstić information content (AvgIpc) is 3.35. The van der Waals surface area contributed by atoms with Crippen LogP contribution < -0.4 is 10.6 Å². The van der Waals surface area contributed by atoms with Crippen LogP contribution in [-0.4, -0.2) is 10.9 Å². The molecule has 5 aromatic rings. The third-order valence-corrected chi connectivity index (χ3v) is 6.82. The van der Waals surface area contributed by atoms with E-state index in [1.165, 1.54) is 23.5 Å². The molecule has 0 radical (unpaired) electrons. The van der Waals surface area contributed by atoms with Gasteiger partial charge in [-0.1, -0.05) is 97.1 Å². The monoisotopic (exact) mass is 493 g/mol. The highest BCUT2D eigenvalue weighted by molar-refractivity contribution is 7.15. The molecule has 5 rings (SSSR count). The molecule has 4 nitrogen and oxygen atoms in total. The van der Waals surface area contributed by atoms with Crippen molar-refractivity contribution in [2.45, 2.75) is 12.0 Å². The first-order valence-corrected chi connectivity index (χ1v) is 12.4. The molecule has 36 heavy (non-hydrogen) atoms. The van der Waals surface area contributed by atoms with Gasteiger partial charge in [0.25, 0.3) is 0 Å². The Morgan fingerprint density at radius 3 is 1.86 bits per heavy atom. The first-order chi connectivity index (χ1) is 17.6. The molecule has 178 valence electrons. The Labute approximate surface area is 213 Å². The summed E-state index contributed by atoms with van der Waals surface area (Å²) in [6, 6.07) is 36.7. The first kappa shape index (κ1) is 23.5. The Balaban J connectivity index is 1.48. The standard InChI is InChI=1S/C30H24FN3OS/c31-25-17-10-18-26(19-25)33-28(35)20-27-21-32-29(36-27)34-30(22-11-4-1-5-12-22,23-13-6-2-7-14-23)24-15-8-3-9-16-24/h1-19,21H,20H2,(H,32,34)(H,33,35). The average molecular weight is 494 g/mol. The van der Waals surface area contributed by atoms with Crippen molar-refractivity contribution in [3.63, 3.8) is 0 Å². The number of aromatic nitrogens is 1. The number of anilines is 2. The normalized spacial score (nSPS) is 11.1. The Morgan fingerprint density at radius 2 is 1.33 bits per heavy atom. The largest absolute Gasteiger partial charge is 0.344 e. The Kier molecular flexibility index (Phi) is 6.87. The Morgan fingerprint density at radius 1 is 0.778 bits per heavy atom. The van der Waals surface area contributed by atoms with Crippen molar-refractivity contribution in [3.05, 3.63) is 149 Å². The van der Waals surface area contributed by atoms with Crippen molar-refractivity contribution in [3.8, 4) is 0 Å². The second kappa shape index (κ2) is 10.5. The van der Waals surface area contributed by atoms with Gasteiger partial charge in [-0.15, -0.1) is 11.3 Å². The highest BCUT2D eigenvalue weighted by Crippen LogP contribution is 2.40. The maximum Gasteiger partial charge on any atom is 0.229 e. The summed E-state index contributed by atoms with van der Waals surface area (Å²) in [5.74, 6) is -0.618. The minimum absolute atomic E-state index is 0.144. The number of amides is 1. The van der Waals surface area contributed by atoms with Crippen LogP contribution in [-0.2, 0) is 16.8 Å². The molecule has 0 aliphatic rings. The zero-order chi connectivity index (χ0) is 24.8. The van der Waals surface area contributed by atoms with Crippen molar-refractivity contribution in [1.82, 2.24) is 4.98 Å². The molecule has 2 N–H and O–H groups in total. The summed E-state index contributed by atoms with van der Waals surface area (Å²) < 4.78 is 13.5. The lowest BCUT2D eigenvalue weighted by molar-refractivity contribution is -0.115. The van der Waals surface area contributed by atoms with Crippen LogP contribution in [0.3, 0.4) is 0 Å². The lowest BCUT2D eigenvalue weighted by Crippen LogP contribution is -2.38. The van der Waals surface area contributed by atoms with E-state index in [9.17, 15) is 9.18 Å². The van der Waals surface area contributed by atoms with Gasteiger partial charge in [0, 0.05) is 16.8 Å². The summed E-state index contributed by atoms with van der Waals surface area (Å²) in [4.78, 5) is 18.0. The van der Waals surface area contributed by atoms with Crippen LogP contribution >= 0.6 is 11.3 Å². The molecular weight excluding hydrogens is 469 g/mol. The van der Waals surface area contributed by atoms with Crippen LogP contribution in [0, 0.1) is 5.82 Å². The third-order valence-electron chi connectivity index (χ3n) is 5.91. The second-order valence-electron chi connectivity index (χ2n) is 8.34. The van der Waals surface area contributed by atoms with E-state index in [1.807, 2.05) is 54.6 Å². The second-order valence-corrected chi connectivity index (χ2v) is 9.46. The fraction of sp³-hybridized carbons (Fsp3) is 0.0667. The molecule has 6 heteroatoms. The molecule has 1 amide bonds. The highest BCUT2D eigenvalue weighted by atomic mass is 32.1. The SMILES string of the molecule is O=C(Cc1cnc(NC(c2ccccc2)(c2ccccc2)c2ccccc2)s1)Nc1cccc(F)c1. The van der Waals surface area contributed by atoms with Gasteiger partial charge in [-0.2, -0.15) is 0 Å². The molecule has 0 aliphatic carbocycles. The first-order valence-electron chi connectivity index (χ1n) is 11.6. The molecule has 0 fully saturated rings. The molecule has 1 aromatic heterocycles. The number of nitrogens with zero attached hydrogens (tertiary/aromatic N) is 1. The quantitative estimate of drug-likeness (QED) is 0.232. The summed E-state index contributed by atoms with van der Waals surface area (Å²) in [5, 5.41) is 7.16. The fourth-order valence-electron chi connectivity index (χ4n) is 4.32. The summed E-state index contributed by atoms with van der Waals surface area (Å²) in [7, 11) is 0. The summed E-state index contributed by atoms with van der Waals surface area (Å²) in [6.45, 7) is 0. The van der Waals surface area contributed by atoms with Crippen molar-refractivity contribution < 1.29 is 9.18 Å². The van der Waals surface area contributed by atoms with Crippen LogP contribution in [0.1, 0.15) is 21.6 Å². The molecule has 1 heterocycles. The van der Waals surface area contributed by atoms with E-state index in [1.54, 1.807) is 18.3 Å². The number of halogens is 1. The number of carbonyl (C=O) groups excluding carboxylic acids is 1. The van der Waals surface area contributed by atoms with Gasteiger partial charge in [0.15, 0.2) is 5.13 Å². The van der Waals surface area contributed by atoms with Crippen LogP contribution in [0.2, 0.25) is 0 Å². The molecule has 0 atom stereocenters. The lowest BCUT2D eigenvalue weighted by Gasteiger charge is -2.36. The van der Waals surface area contributed by atoms with E-state index < -0.39 is 11.4 Å². The van der Waals surface area contributed by atoms with Crippen molar-refractivity contribution in [2.75, 3.05) is 10.6 Å². The summed E-state index contributed by atoms with van der Waals surface area (Å²) in [5.41, 5.74) is 2.95. The van der Waals surface area contributed by atoms with E-state index in [0.717, 1.165) is 21.6 Å². The third kappa shape index (κ3) is 5.04. The minimum Gasteiger partial charge on any atom is -0.344 e. The number of benzene rings is 4. The van der Waals surface area contributed by atoms with Gasteiger partial charge in [0.05, 0.1) is 6.42 Å². The van der Waals surface area contributed by atoms with Crippen LogP contribution in [0.4, 0.5) is 15.2 Å². The number of hydrogen-bond acceptors (Lipinski definition) is 4. The van der Waals surface area contributed by atoms with Gasteiger partial charge < -0.3 is 10.6 Å². The Bertz CT molecular complexity index is 1340. The summed E-state index contributed by atoms with van der Waals surface area (Å²) in [6.07, 6.45) is 1.86. The predicted octanol–water partition coefficient (Wildman–Crippen LogP) is 6.87. The van der Waals surface area contributed by atoms with E-state index in [-0.39, 0.29) is 12.3 Å². The van der Waals surface area contributed by atoms with E-state index in [4.69, 9.17) is 0 Å². The molecule has 0 aliphatic heterocycles. The van der Waals surface area contributed by atoms with Gasteiger partial charge in [0.2, 0.25) is 5.91 Å². The van der Waals surface area contributed by atoms with Gasteiger partial charge in [-0.05, 0) is 34.9 Å². The lowest BCUT2D eigenvalue weighted by atomic mass is 9.77. The van der Waals surface area contributed by atoms with E-state index >= 15 is 0 Å². The zero-order valence-corrected chi connectivity index (χ0v) is 20.2. The van der Waals surface area contributed by atoms with Gasteiger partial charge in [0.1, 0.15) is 11.4 Å². The molecule has 0 saturated carbocycles. The number of carbonyl (C=O) groups is 1. The van der Waals surface area contributed by atoms with Crippen LogP contribution in [0.5, 0.6) is 0 Å². The predicted molar refractivity (Wildman–Crippen MR) is 144 cm³/mol. The number of hydrogen-bond donors (Lipinski definition) is 2. The maximum atomic E-state index is 13.5. The van der Waals surface area contributed by atoms with Gasteiger partial charge in [-0.25, -0.2) is 9.37 Å². The summed E-state index contributed by atoms with van der Waals surface area (Å²) >= 11 is 1.43. The molecule has 4 aromatic carbocycles. The van der Waals surface area contributed by atoms with Gasteiger partial charge in [-0.3, -0.25) is 4.79 Å². The topological polar surface area (TPSA) is 54.0 Å². The minimum atomic E-state index is -0.692. The fourth-order valence-corrected chi connectivity index (χ4v) is 5.18. The molecule has 0 bridgehead atoms. The number of thiazole rings is 1. The van der Waals surface area contributed by atoms with Crippen LogP contribution in [0.15, 0.2) is 121 Å². The molecular formula is C30H24FN3OS. The highest BCUT2D eigenvalue weighted by Gasteiger charge is 2.37. The smallest absolute Gasteiger partial charge is 0.229 e. The van der Waals surface area contributed by atoms with Crippen LogP contribution in [0.25, 0.3) is 0 Å². The van der Waals surface area contributed by atoms with Crippen molar-refractivity contribution >= 4 is 28.1 Å². The molecule has 0 unspecified atom stereocenters. The van der Waals surface area contributed by atoms with Gasteiger partial charge >= 0.3 is 0 Å². The van der Waals surface area contributed by atoms with E-state index in [0.29, 0.717) is 10.8 Å². The van der Waals surface area contributed by atoms with Crippen molar-refractivity contribution in [1.29, 1.82) is 0 Å². The maximum absolute atomic E-state index is 13.5. The van der Waals surface area contributed by atoms with Crippen molar-refractivity contribution in [2.24, 2.45) is 0 Å². The Hall–Kier alpha value is -4.29. The number of rotatable bonds is 8. The van der Waals surface area contributed by atoms with E-state index in [2.05, 4.69) is 52.0 Å². The molecule has 0 saturated heterocycles. The number of nitrogens with one attached hydrogen (secondary N) is 2. The zero-order valence-electron chi connectivity index (χ0n) is 19.4. The molecule has 0 spiro atoms.